The quantitative estimate of drug-likeness (QED) is 0.720. The molecule has 0 aromatic rings. The molecule has 2 fully saturated rings. The predicted octanol–water partition coefficient (Wildman–Crippen LogP) is 0.567. The van der Waals surface area contributed by atoms with E-state index in [0.29, 0.717) is 31.5 Å². The number of hydrogen-bond donors (Lipinski definition) is 2. The monoisotopic (exact) mass is 319 g/mol. The SMILES string of the molecule is CCC1OCCC1CNS(=O)(=O)N1CCC(CNC)CC1. The van der Waals surface area contributed by atoms with Crippen LogP contribution in [0.4, 0.5) is 0 Å². The lowest BCUT2D eigenvalue weighted by molar-refractivity contribution is 0.0883. The van der Waals surface area contributed by atoms with Gasteiger partial charge in [0.15, 0.2) is 0 Å². The Hall–Kier alpha value is -0.210. The van der Waals surface area contributed by atoms with Gasteiger partial charge in [-0.2, -0.15) is 12.7 Å². The Labute approximate surface area is 128 Å². The zero-order chi connectivity index (χ0) is 15.3. The maximum Gasteiger partial charge on any atom is 0.279 e. The molecule has 7 heteroatoms. The summed E-state index contributed by atoms with van der Waals surface area (Å²) >= 11 is 0. The van der Waals surface area contributed by atoms with E-state index in [1.165, 1.54) is 0 Å². The lowest BCUT2D eigenvalue weighted by atomic mass is 9.98. The van der Waals surface area contributed by atoms with Crippen LogP contribution in [0, 0.1) is 11.8 Å². The summed E-state index contributed by atoms with van der Waals surface area (Å²) in [4.78, 5) is 0. The van der Waals surface area contributed by atoms with Crippen LogP contribution in [0.2, 0.25) is 0 Å². The first-order valence-electron chi connectivity index (χ1n) is 8.07. The van der Waals surface area contributed by atoms with E-state index in [4.69, 9.17) is 4.74 Å². The highest BCUT2D eigenvalue weighted by Gasteiger charge is 2.31. The summed E-state index contributed by atoms with van der Waals surface area (Å²) < 4.78 is 34.7. The Balaban J connectivity index is 1.79. The maximum absolute atomic E-state index is 12.4. The van der Waals surface area contributed by atoms with Gasteiger partial charge in [-0.3, -0.25) is 0 Å². The number of rotatable bonds is 7. The molecular weight excluding hydrogens is 290 g/mol. The first kappa shape index (κ1) is 17.1. The van der Waals surface area contributed by atoms with Crippen LogP contribution < -0.4 is 10.0 Å². The van der Waals surface area contributed by atoms with Crippen LogP contribution >= 0.6 is 0 Å². The molecule has 0 radical (unpaired) electrons. The fraction of sp³-hybridized carbons (Fsp3) is 1.00. The largest absolute Gasteiger partial charge is 0.378 e. The molecular formula is C14H29N3O3S. The number of nitrogens with one attached hydrogen (secondary N) is 2. The van der Waals surface area contributed by atoms with Crippen molar-refractivity contribution in [3.63, 3.8) is 0 Å². The highest BCUT2D eigenvalue weighted by molar-refractivity contribution is 7.87. The molecule has 2 rings (SSSR count). The second-order valence-electron chi connectivity index (χ2n) is 6.12. The average molecular weight is 319 g/mol. The molecule has 2 N–H and O–H groups in total. The van der Waals surface area contributed by atoms with Gasteiger partial charge in [-0.25, -0.2) is 4.72 Å². The Kier molecular flexibility index (Phi) is 6.43. The van der Waals surface area contributed by atoms with E-state index in [1.54, 1.807) is 4.31 Å². The molecule has 2 aliphatic heterocycles. The second kappa shape index (κ2) is 7.87. The lowest BCUT2D eigenvalue weighted by Crippen LogP contribution is -2.47. The van der Waals surface area contributed by atoms with E-state index < -0.39 is 10.2 Å². The molecule has 0 aromatic heterocycles. The molecule has 2 saturated heterocycles. The molecule has 0 amide bonds. The van der Waals surface area contributed by atoms with Gasteiger partial charge in [-0.05, 0) is 45.2 Å². The van der Waals surface area contributed by atoms with Crippen molar-refractivity contribution in [3.05, 3.63) is 0 Å². The summed E-state index contributed by atoms with van der Waals surface area (Å²) in [5.41, 5.74) is 0. The molecule has 21 heavy (non-hydrogen) atoms. The summed E-state index contributed by atoms with van der Waals surface area (Å²) in [6.07, 6.45) is 3.97. The molecule has 0 bridgehead atoms. The molecule has 2 aliphatic rings. The third kappa shape index (κ3) is 4.63. The van der Waals surface area contributed by atoms with Crippen molar-refractivity contribution >= 4 is 10.2 Å². The van der Waals surface area contributed by atoms with Crippen LogP contribution in [0.25, 0.3) is 0 Å². The van der Waals surface area contributed by atoms with Crippen LogP contribution in [-0.2, 0) is 14.9 Å². The summed E-state index contributed by atoms with van der Waals surface area (Å²) in [5.74, 6) is 0.903. The van der Waals surface area contributed by atoms with Gasteiger partial charge >= 0.3 is 0 Å². The second-order valence-corrected chi connectivity index (χ2v) is 7.88. The van der Waals surface area contributed by atoms with Gasteiger partial charge in [0.05, 0.1) is 6.10 Å². The summed E-state index contributed by atoms with van der Waals surface area (Å²) in [7, 11) is -1.39. The van der Waals surface area contributed by atoms with Gasteiger partial charge in [-0.1, -0.05) is 6.92 Å². The van der Waals surface area contributed by atoms with Crippen molar-refractivity contribution in [3.8, 4) is 0 Å². The van der Waals surface area contributed by atoms with E-state index in [0.717, 1.165) is 38.8 Å². The first-order chi connectivity index (χ1) is 10.1. The zero-order valence-electron chi connectivity index (χ0n) is 13.2. The molecule has 0 aliphatic carbocycles. The number of nitrogens with zero attached hydrogens (tertiary/aromatic N) is 1. The van der Waals surface area contributed by atoms with Gasteiger partial charge < -0.3 is 10.1 Å². The number of hydrogen-bond acceptors (Lipinski definition) is 4. The summed E-state index contributed by atoms with van der Waals surface area (Å²) in [6, 6.07) is 0. The first-order valence-corrected chi connectivity index (χ1v) is 9.51. The van der Waals surface area contributed by atoms with Crippen molar-refractivity contribution < 1.29 is 13.2 Å². The third-order valence-electron chi connectivity index (χ3n) is 4.68. The molecule has 0 saturated carbocycles. The maximum atomic E-state index is 12.4. The Bertz CT molecular complexity index is 408. The minimum atomic E-state index is -3.33. The van der Waals surface area contributed by atoms with Crippen LogP contribution in [-0.4, -0.2) is 58.7 Å². The molecule has 2 heterocycles. The van der Waals surface area contributed by atoms with E-state index in [1.807, 2.05) is 7.05 Å². The fourth-order valence-corrected chi connectivity index (χ4v) is 4.62. The third-order valence-corrected chi connectivity index (χ3v) is 6.26. The molecule has 2 unspecified atom stereocenters. The highest BCUT2D eigenvalue weighted by Crippen LogP contribution is 2.23. The van der Waals surface area contributed by atoms with Crippen LogP contribution in [0.5, 0.6) is 0 Å². The summed E-state index contributed by atoms with van der Waals surface area (Å²) in [5, 5.41) is 3.17. The molecule has 6 nitrogen and oxygen atoms in total. The smallest absolute Gasteiger partial charge is 0.279 e. The van der Waals surface area contributed by atoms with Crippen molar-refractivity contribution in [2.45, 2.75) is 38.7 Å². The number of ether oxygens (including phenoxy) is 1. The standard InChI is InChI=1S/C14H29N3O3S/c1-3-14-13(6-9-20-14)11-16-21(18,19)17-7-4-12(5-8-17)10-15-2/h12-16H,3-11H2,1-2H3. The Morgan fingerprint density at radius 1 is 1.19 bits per heavy atom. The van der Waals surface area contributed by atoms with E-state index >= 15 is 0 Å². The van der Waals surface area contributed by atoms with Gasteiger partial charge in [0, 0.05) is 32.2 Å². The van der Waals surface area contributed by atoms with Crippen molar-refractivity contribution in [2.75, 3.05) is 39.8 Å². The molecule has 0 aromatic carbocycles. The normalized spacial score (nSPS) is 29.0. The zero-order valence-corrected chi connectivity index (χ0v) is 14.0. The minimum Gasteiger partial charge on any atom is -0.378 e. The fourth-order valence-electron chi connectivity index (χ4n) is 3.32. The lowest BCUT2D eigenvalue weighted by Gasteiger charge is -2.31. The Morgan fingerprint density at radius 2 is 1.90 bits per heavy atom. The van der Waals surface area contributed by atoms with E-state index in [9.17, 15) is 8.42 Å². The molecule has 124 valence electrons. The van der Waals surface area contributed by atoms with Gasteiger partial charge in [0.25, 0.3) is 10.2 Å². The van der Waals surface area contributed by atoms with Crippen molar-refractivity contribution in [1.29, 1.82) is 0 Å². The molecule has 0 spiro atoms. The van der Waals surface area contributed by atoms with Gasteiger partial charge in [-0.15, -0.1) is 0 Å². The predicted molar refractivity (Wildman–Crippen MR) is 83.3 cm³/mol. The highest BCUT2D eigenvalue weighted by atomic mass is 32.2. The number of piperidine rings is 1. The van der Waals surface area contributed by atoms with Crippen LogP contribution in [0.15, 0.2) is 0 Å². The van der Waals surface area contributed by atoms with Crippen LogP contribution in [0.1, 0.15) is 32.6 Å². The van der Waals surface area contributed by atoms with E-state index in [-0.39, 0.29) is 6.10 Å². The summed E-state index contributed by atoms with van der Waals surface area (Å²) in [6.45, 7) is 5.56. The minimum absolute atomic E-state index is 0.203. The average Bonchev–Trinajstić information content (AvgIpc) is 2.94. The van der Waals surface area contributed by atoms with Crippen molar-refractivity contribution in [2.24, 2.45) is 11.8 Å². The van der Waals surface area contributed by atoms with Gasteiger partial charge in [0.2, 0.25) is 0 Å². The Morgan fingerprint density at radius 3 is 2.52 bits per heavy atom. The van der Waals surface area contributed by atoms with Crippen molar-refractivity contribution in [1.82, 2.24) is 14.3 Å². The van der Waals surface area contributed by atoms with Crippen LogP contribution in [0.3, 0.4) is 0 Å². The van der Waals surface area contributed by atoms with E-state index in [2.05, 4.69) is 17.0 Å². The molecule has 2 atom stereocenters. The topological polar surface area (TPSA) is 70.7 Å². The van der Waals surface area contributed by atoms with Gasteiger partial charge in [0.1, 0.15) is 0 Å².